The van der Waals surface area contributed by atoms with Gasteiger partial charge in [0.1, 0.15) is 12.4 Å². The van der Waals surface area contributed by atoms with Crippen LogP contribution >= 0.6 is 23.2 Å². The minimum absolute atomic E-state index is 0.289. The molecule has 1 N–H and O–H groups in total. The summed E-state index contributed by atoms with van der Waals surface area (Å²) in [5.74, 6) is -0.540. The normalized spacial score (nSPS) is 11.2. The Morgan fingerprint density at radius 3 is 2.88 bits per heavy atom. The highest BCUT2D eigenvalue weighted by Crippen LogP contribution is 2.27. The van der Waals surface area contributed by atoms with Crippen LogP contribution in [-0.2, 0) is 4.79 Å². The zero-order chi connectivity index (χ0) is 12.7. The minimum atomic E-state index is -1.04. The average molecular weight is 273 g/mol. The van der Waals surface area contributed by atoms with E-state index in [0.717, 1.165) is 6.08 Å². The second-order valence-corrected chi connectivity index (χ2v) is 3.66. The van der Waals surface area contributed by atoms with Crippen molar-refractivity contribution in [3.63, 3.8) is 0 Å². The summed E-state index contributed by atoms with van der Waals surface area (Å²) in [5, 5.41) is 9.00. The van der Waals surface area contributed by atoms with Gasteiger partial charge in [0.05, 0.1) is 5.02 Å². The predicted molar refractivity (Wildman–Crippen MR) is 68.6 cm³/mol. The van der Waals surface area contributed by atoms with Crippen molar-refractivity contribution in [2.45, 2.75) is 0 Å². The van der Waals surface area contributed by atoms with Gasteiger partial charge in [-0.3, -0.25) is 0 Å². The van der Waals surface area contributed by atoms with Gasteiger partial charge in [-0.05, 0) is 24.3 Å². The maximum atomic E-state index is 10.5. The van der Waals surface area contributed by atoms with Crippen LogP contribution in [0.3, 0.4) is 0 Å². The van der Waals surface area contributed by atoms with Crippen LogP contribution < -0.4 is 4.74 Å². The van der Waals surface area contributed by atoms with Gasteiger partial charge in [0.25, 0.3) is 0 Å². The van der Waals surface area contributed by atoms with E-state index in [1.807, 2.05) is 0 Å². The lowest BCUT2D eigenvalue weighted by Gasteiger charge is -2.08. The third-order valence-electron chi connectivity index (χ3n) is 1.83. The molecular weight excluding hydrogens is 263 g/mol. The molecule has 0 aliphatic heterocycles. The molecule has 17 heavy (non-hydrogen) atoms. The van der Waals surface area contributed by atoms with Crippen LogP contribution in [0.4, 0.5) is 0 Å². The van der Waals surface area contributed by atoms with E-state index < -0.39 is 5.97 Å². The van der Waals surface area contributed by atoms with Crippen molar-refractivity contribution in [3.8, 4) is 5.75 Å². The first-order valence-electron chi connectivity index (χ1n) is 4.72. The van der Waals surface area contributed by atoms with E-state index in [0.29, 0.717) is 16.3 Å². The number of benzene rings is 1. The van der Waals surface area contributed by atoms with Gasteiger partial charge in [-0.15, -0.1) is 0 Å². The van der Waals surface area contributed by atoms with E-state index in [2.05, 4.69) is 0 Å². The van der Waals surface area contributed by atoms with E-state index in [9.17, 15) is 4.79 Å². The largest absolute Gasteiger partial charge is 0.489 e. The van der Waals surface area contributed by atoms with Crippen LogP contribution in [0, 0.1) is 0 Å². The number of halogens is 2. The summed E-state index contributed by atoms with van der Waals surface area (Å²) in [4.78, 5) is 10.5. The van der Waals surface area contributed by atoms with Crippen LogP contribution in [0.5, 0.6) is 5.75 Å². The standard InChI is InChI=1S/C12H10Cl2O3/c13-7-2-8-17-11-4-1-3-10(14)9(11)5-6-12(15)16/h1-7H,8H2,(H,15,16)/b6-5+,7-2+. The first kappa shape index (κ1) is 13.6. The molecule has 0 bridgehead atoms. The molecule has 0 amide bonds. The molecule has 0 saturated carbocycles. The molecule has 1 aromatic carbocycles. The molecule has 0 spiro atoms. The molecule has 1 rings (SSSR count). The fraction of sp³-hybridized carbons (Fsp3) is 0.0833. The molecule has 1 aromatic rings. The van der Waals surface area contributed by atoms with Crippen LogP contribution in [0.25, 0.3) is 6.08 Å². The van der Waals surface area contributed by atoms with Crippen LogP contribution in [0.2, 0.25) is 5.02 Å². The summed E-state index contributed by atoms with van der Waals surface area (Å²) in [6.45, 7) is 0.289. The van der Waals surface area contributed by atoms with Crippen LogP contribution in [0.15, 0.2) is 35.9 Å². The first-order chi connectivity index (χ1) is 8.15. The van der Waals surface area contributed by atoms with E-state index >= 15 is 0 Å². The van der Waals surface area contributed by atoms with Gasteiger partial charge < -0.3 is 9.84 Å². The topological polar surface area (TPSA) is 46.5 Å². The number of ether oxygens (including phenoxy) is 1. The molecule has 0 heterocycles. The summed E-state index contributed by atoms with van der Waals surface area (Å²) in [6, 6.07) is 5.09. The van der Waals surface area contributed by atoms with Crippen molar-refractivity contribution >= 4 is 35.2 Å². The Hall–Kier alpha value is -1.45. The van der Waals surface area contributed by atoms with Crippen molar-refractivity contribution in [3.05, 3.63) is 46.5 Å². The minimum Gasteiger partial charge on any atom is -0.489 e. The highest BCUT2D eigenvalue weighted by atomic mass is 35.5. The second-order valence-electron chi connectivity index (χ2n) is 3.00. The highest BCUT2D eigenvalue weighted by Gasteiger charge is 2.05. The maximum Gasteiger partial charge on any atom is 0.328 e. The SMILES string of the molecule is O=C(O)/C=C/c1c(Cl)cccc1OC/C=C/Cl. The molecule has 3 nitrogen and oxygen atoms in total. The third-order valence-corrected chi connectivity index (χ3v) is 2.34. The Morgan fingerprint density at radius 2 is 2.24 bits per heavy atom. The zero-order valence-corrected chi connectivity index (χ0v) is 10.3. The van der Waals surface area contributed by atoms with Crippen molar-refractivity contribution in [2.75, 3.05) is 6.61 Å². The Balaban J connectivity index is 2.95. The molecule has 0 fully saturated rings. The number of carbonyl (C=O) groups is 1. The van der Waals surface area contributed by atoms with Crippen LogP contribution in [-0.4, -0.2) is 17.7 Å². The molecule has 0 aromatic heterocycles. The van der Waals surface area contributed by atoms with Gasteiger partial charge >= 0.3 is 5.97 Å². The number of aliphatic carboxylic acids is 1. The molecule has 0 aliphatic rings. The molecule has 0 unspecified atom stereocenters. The summed E-state index contributed by atoms with van der Waals surface area (Å²) in [5.41, 5.74) is 1.87. The molecule has 5 heteroatoms. The summed E-state index contributed by atoms with van der Waals surface area (Å²) < 4.78 is 5.39. The Bertz CT molecular complexity index is 453. The van der Waals surface area contributed by atoms with Gasteiger partial charge in [-0.25, -0.2) is 4.79 Å². The smallest absolute Gasteiger partial charge is 0.328 e. The molecular formula is C12H10Cl2O3. The Kier molecular flexibility index (Phi) is 5.60. The zero-order valence-electron chi connectivity index (χ0n) is 8.77. The van der Waals surface area contributed by atoms with E-state index in [4.69, 9.17) is 33.0 Å². The Labute approximate surface area is 109 Å². The molecule has 0 saturated heterocycles. The highest BCUT2D eigenvalue weighted by molar-refractivity contribution is 6.32. The number of hydrogen-bond acceptors (Lipinski definition) is 2. The molecule has 0 aliphatic carbocycles. The van der Waals surface area contributed by atoms with Crippen molar-refractivity contribution in [2.24, 2.45) is 0 Å². The summed E-state index contributed by atoms with van der Waals surface area (Å²) in [6.07, 6.45) is 4.02. The fourth-order valence-electron chi connectivity index (χ4n) is 1.13. The van der Waals surface area contributed by atoms with Gasteiger partial charge in [0.15, 0.2) is 0 Å². The monoisotopic (exact) mass is 272 g/mol. The lowest BCUT2D eigenvalue weighted by Crippen LogP contribution is -1.96. The van der Waals surface area contributed by atoms with Gasteiger partial charge in [0, 0.05) is 17.2 Å². The molecule has 90 valence electrons. The van der Waals surface area contributed by atoms with Crippen molar-refractivity contribution < 1.29 is 14.6 Å². The van der Waals surface area contributed by atoms with Gasteiger partial charge in [0.2, 0.25) is 0 Å². The Morgan fingerprint density at radius 1 is 1.47 bits per heavy atom. The quantitative estimate of drug-likeness (QED) is 0.834. The van der Waals surface area contributed by atoms with Gasteiger partial charge in [-0.2, -0.15) is 0 Å². The summed E-state index contributed by atoms with van der Waals surface area (Å²) in [7, 11) is 0. The summed E-state index contributed by atoms with van der Waals surface area (Å²) >= 11 is 11.3. The average Bonchev–Trinajstić information content (AvgIpc) is 2.28. The van der Waals surface area contributed by atoms with Crippen molar-refractivity contribution in [1.82, 2.24) is 0 Å². The van der Waals surface area contributed by atoms with Gasteiger partial charge in [-0.1, -0.05) is 29.3 Å². The predicted octanol–water partition coefficient (Wildman–Crippen LogP) is 3.57. The lowest BCUT2D eigenvalue weighted by molar-refractivity contribution is -0.131. The molecule has 0 atom stereocenters. The van der Waals surface area contributed by atoms with Crippen LogP contribution in [0.1, 0.15) is 5.56 Å². The van der Waals surface area contributed by atoms with E-state index in [-0.39, 0.29) is 6.61 Å². The number of carboxylic acids is 1. The maximum absolute atomic E-state index is 10.5. The van der Waals surface area contributed by atoms with Crippen molar-refractivity contribution in [1.29, 1.82) is 0 Å². The third kappa shape index (κ3) is 4.51. The lowest BCUT2D eigenvalue weighted by atomic mass is 10.2. The van der Waals surface area contributed by atoms with E-state index in [1.165, 1.54) is 11.6 Å². The second kappa shape index (κ2) is 6.99. The molecule has 0 radical (unpaired) electrons. The fourth-order valence-corrected chi connectivity index (χ4v) is 1.44. The van der Waals surface area contributed by atoms with E-state index in [1.54, 1.807) is 24.3 Å². The number of hydrogen-bond donors (Lipinski definition) is 1. The first-order valence-corrected chi connectivity index (χ1v) is 5.54. The number of rotatable bonds is 5. The number of carboxylic acid groups (broad SMARTS) is 1.